The Morgan fingerprint density at radius 2 is 1.07 bits per heavy atom. The van der Waals surface area contributed by atoms with E-state index >= 15 is 0 Å². The van der Waals surface area contributed by atoms with Crippen LogP contribution in [0, 0.1) is 23.7 Å². The van der Waals surface area contributed by atoms with Crippen molar-refractivity contribution in [1.29, 1.82) is 0 Å². The van der Waals surface area contributed by atoms with E-state index in [9.17, 15) is 9.59 Å². The average molecular weight is 490 g/mol. The fourth-order valence-corrected chi connectivity index (χ4v) is 4.58. The first-order valence-corrected chi connectivity index (χ1v) is 10.4. The molecule has 2 N–H and O–H groups in total. The van der Waals surface area contributed by atoms with Gasteiger partial charge in [0.15, 0.2) is 0 Å². The number of carbonyl (C=O) groups excluding carboxylic acids is 2. The summed E-state index contributed by atoms with van der Waals surface area (Å²) in [6.45, 7) is 0. The molecule has 2 aliphatic rings. The molecule has 6 heteroatoms. The Morgan fingerprint density at radius 3 is 1.44 bits per heavy atom. The molecule has 2 amide bonds. The van der Waals surface area contributed by atoms with E-state index in [0.29, 0.717) is 0 Å². The first-order chi connectivity index (χ1) is 13.0. The molecule has 4 unspecified atom stereocenters. The third-order valence-corrected chi connectivity index (χ3v) is 6.35. The molecule has 0 saturated heterocycles. The maximum absolute atomic E-state index is 13.0. The number of allylic oxidation sites excluding steroid dienone is 2. The molecule has 0 aromatic heterocycles. The number of fused-ring (bicyclic) bond motifs is 2. The highest BCUT2D eigenvalue weighted by atomic mass is 79.9. The van der Waals surface area contributed by atoms with E-state index in [-0.39, 0.29) is 35.5 Å². The summed E-state index contributed by atoms with van der Waals surface area (Å²) in [6.07, 6.45) is 5.02. The summed E-state index contributed by atoms with van der Waals surface area (Å²) in [6, 6.07) is 14.9. The maximum atomic E-state index is 13.0. The monoisotopic (exact) mass is 488 g/mol. The molecular weight excluding hydrogens is 472 g/mol. The largest absolute Gasteiger partial charge is 0.326 e. The quantitative estimate of drug-likeness (QED) is 0.578. The van der Waals surface area contributed by atoms with Gasteiger partial charge < -0.3 is 10.6 Å². The molecule has 2 aromatic rings. The summed E-state index contributed by atoms with van der Waals surface area (Å²) in [5, 5.41) is 5.94. The molecule has 0 aliphatic heterocycles. The first-order valence-electron chi connectivity index (χ1n) is 8.82. The number of carbonyl (C=O) groups is 2. The van der Waals surface area contributed by atoms with Crippen LogP contribution in [0.25, 0.3) is 0 Å². The van der Waals surface area contributed by atoms with Crippen LogP contribution >= 0.6 is 31.9 Å². The molecule has 0 radical (unpaired) electrons. The molecule has 0 spiro atoms. The van der Waals surface area contributed by atoms with Crippen molar-refractivity contribution in [3.63, 3.8) is 0 Å². The highest BCUT2D eigenvalue weighted by Gasteiger charge is 2.51. The Labute approximate surface area is 174 Å². The zero-order valence-electron chi connectivity index (χ0n) is 14.4. The highest BCUT2D eigenvalue weighted by Crippen LogP contribution is 2.48. The van der Waals surface area contributed by atoms with Crippen LogP contribution in [0.5, 0.6) is 0 Å². The number of nitrogens with one attached hydrogen (secondary N) is 2. The Balaban J connectivity index is 1.51. The molecule has 4 rings (SSSR count). The maximum Gasteiger partial charge on any atom is 0.228 e. The number of anilines is 2. The van der Waals surface area contributed by atoms with Crippen LogP contribution < -0.4 is 10.6 Å². The van der Waals surface area contributed by atoms with Gasteiger partial charge in [-0.15, -0.1) is 0 Å². The second kappa shape index (κ2) is 7.60. The first kappa shape index (κ1) is 18.4. The molecule has 2 aromatic carbocycles. The van der Waals surface area contributed by atoms with E-state index in [1.54, 1.807) is 0 Å². The molecule has 138 valence electrons. The Bertz CT molecular complexity index is 820. The van der Waals surface area contributed by atoms with Crippen molar-refractivity contribution in [2.75, 3.05) is 10.6 Å². The Morgan fingerprint density at radius 1 is 0.704 bits per heavy atom. The molecular formula is C21H18Br2N2O2. The van der Waals surface area contributed by atoms with E-state index in [0.717, 1.165) is 26.7 Å². The SMILES string of the molecule is O=C(Nc1ccc(Br)cc1)C1C2C=CC(C2)C1C(=O)Nc1ccc(Br)cc1. The van der Waals surface area contributed by atoms with Crippen LogP contribution in [0.3, 0.4) is 0 Å². The van der Waals surface area contributed by atoms with Crippen molar-refractivity contribution < 1.29 is 9.59 Å². The van der Waals surface area contributed by atoms with Gasteiger partial charge in [0.1, 0.15) is 0 Å². The molecule has 4 atom stereocenters. The minimum absolute atomic E-state index is 0.0925. The van der Waals surface area contributed by atoms with E-state index < -0.39 is 0 Å². The Kier molecular flexibility index (Phi) is 5.19. The van der Waals surface area contributed by atoms with Crippen LogP contribution in [-0.4, -0.2) is 11.8 Å². The van der Waals surface area contributed by atoms with E-state index in [1.165, 1.54) is 0 Å². The van der Waals surface area contributed by atoms with Gasteiger partial charge in [-0.05, 0) is 66.8 Å². The van der Waals surface area contributed by atoms with Gasteiger partial charge in [-0.25, -0.2) is 0 Å². The lowest BCUT2D eigenvalue weighted by atomic mass is 9.81. The number of rotatable bonds is 4. The van der Waals surface area contributed by atoms with Gasteiger partial charge in [0.05, 0.1) is 11.8 Å². The fraction of sp³-hybridized carbons (Fsp3) is 0.238. The van der Waals surface area contributed by atoms with E-state index in [2.05, 4.69) is 54.6 Å². The van der Waals surface area contributed by atoms with Gasteiger partial charge >= 0.3 is 0 Å². The van der Waals surface area contributed by atoms with Crippen molar-refractivity contribution in [1.82, 2.24) is 0 Å². The van der Waals surface area contributed by atoms with Gasteiger partial charge in [-0.1, -0.05) is 44.0 Å². The van der Waals surface area contributed by atoms with Crippen LogP contribution in [0.1, 0.15) is 6.42 Å². The standard InChI is InChI=1S/C21H18Br2N2O2/c22-14-3-7-16(8-4-14)24-20(26)18-12-1-2-13(11-12)19(18)21(27)25-17-9-5-15(23)6-10-17/h1-10,12-13,18-19H,11H2,(H,24,26)(H,25,27). The molecule has 4 nitrogen and oxygen atoms in total. The Hall–Kier alpha value is -1.92. The topological polar surface area (TPSA) is 58.2 Å². The predicted molar refractivity (Wildman–Crippen MR) is 113 cm³/mol. The molecule has 2 bridgehead atoms. The van der Waals surface area contributed by atoms with Crippen LogP contribution in [-0.2, 0) is 9.59 Å². The summed E-state index contributed by atoms with van der Waals surface area (Å²) in [5.41, 5.74) is 1.48. The second-order valence-corrected chi connectivity index (χ2v) is 8.82. The van der Waals surface area contributed by atoms with Gasteiger partial charge in [-0.3, -0.25) is 9.59 Å². The zero-order valence-corrected chi connectivity index (χ0v) is 17.5. The summed E-state index contributed by atoms with van der Waals surface area (Å²) in [7, 11) is 0. The number of hydrogen-bond donors (Lipinski definition) is 2. The summed E-state index contributed by atoms with van der Waals surface area (Å²) < 4.78 is 1.91. The molecule has 1 fully saturated rings. The molecule has 1 saturated carbocycles. The lowest BCUT2D eigenvalue weighted by Gasteiger charge is -2.26. The smallest absolute Gasteiger partial charge is 0.228 e. The summed E-state index contributed by atoms with van der Waals surface area (Å²) in [5.74, 6) is -0.648. The van der Waals surface area contributed by atoms with Crippen molar-refractivity contribution in [2.24, 2.45) is 23.7 Å². The lowest BCUT2D eigenvalue weighted by Crippen LogP contribution is -2.39. The van der Waals surface area contributed by atoms with Gasteiger partial charge in [0, 0.05) is 20.3 Å². The minimum atomic E-state index is -0.348. The second-order valence-electron chi connectivity index (χ2n) is 6.99. The zero-order chi connectivity index (χ0) is 19.0. The van der Waals surface area contributed by atoms with Crippen molar-refractivity contribution >= 4 is 55.0 Å². The third-order valence-electron chi connectivity index (χ3n) is 5.29. The van der Waals surface area contributed by atoms with Crippen molar-refractivity contribution in [3.05, 3.63) is 69.6 Å². The number of amides is 2. The van der Waals surface area contributed by atoms with Gasteiger partial charge in [0.2, 0.25) is 11.8 Å². The number of benzene rings is 2. The number of hydrogen-bond acceptors (Lipinski definition) is 2. The number of halogens is 2. The molecule has 27 heavy (non-hydrogen) atoms. The lowest BCUT2D eigenvalue weighted by molar-refractivity contribution is -0.129. The van der Waals surface area contributed by atoms with Crippen molar-refractivity contribution in [3.8, 4) is 0 Å². The summed E-state index contributed by atoms with van der Waals surface area (Å²) in [4.78, 5) is 25.9. The average Bonchev–Trinajstić information content (AvgIpc) is 3.27. The van der Waals surface area contributed by atoms with Crippen LogP contribution in [0.2, 0.25) is 0 Å². The highest BCUT2D eigenvalue weighted by molar-refractivity contribution is 9.10. The van der Waals surface area contributed by atoms with E-state index in [1.807, 2.05) is 48.5 Å². The summed E-state index contributed by atoms with van der Waals surface area (Å²) >= 11 is 6.78. The van der Waals surface area contributed by atoms with E-state index in [4.69, 9.17) is 0 Å². The van der Waals surface area contributed by atoms with Gasteiger partial charge in [-0.2, -0.15) is 0 Å². The van der Waals surface area contributed by atoms with Gasteiger partial charge in [0.25, 0.3) is 0 Å². The molecule has 0 heterocycles. The minimum Gasteiger partial charge on any atom is -0.326 e. The van der Waals surface area contributed by atoms with Crippen LogP contribution in [0.15, 0.2) is 69.6 Å². The third kappa shape index (κ3) is 3.87. The normalized spacial score (nSPS) is 25.4. The predicted octanol–water partition coefficient (Wildman–Crippen LogP) is 5.23. The van der Waals surface area contributed by atoms with Crippen LogP contribution in [0.4, 0.5) is 11.4 Å². The molecule has 2 aliphatic carbocycles. The van der Waals surface area contributed by atoms with Crippen molar-refractivity contribution in [2.45, 2.75) is 6.42 Å². The fourth-order valence-electron chi connectivity index (χ4n) is 4.05.